The Labute approximate surface area is 134 Å². The summed E-state index contributed by atoms with van der Waals surface area (Å²) in [5.41, 5.74) is 0.798. The van der Waals surface area contributed by atoms with Gasteiger partial charge < -0.3 is 9.64 Å². The van der Waals surface area contributed by atoms with E-state index in [0.29, 0.717) is 6.42 Å². The molecule has 0 spiro atoms. The highest BCUT2D eigenvalue weighted by Gasteiger charge is 2.13. The van der Waals surface area contributed by atoms with Crippen molar-refractivity contribution in [2.75, 3.05) is 26.2 Å². The third-order valence-electron chi connectivity index (χ3n) is 3.80. The first-order chi connectivity index (χ1) is 9.79. The van der Waals surface area contributed by atoms with E-state index in [1.54, 1.807) is 0 Å². The molecule has 0 aliphatic carbocycles. The Morgan fingerprint density at radius 1 is 1.19 bits per heavy atom. The standard InChI is InChI=1S/C17H25NO2.ClH/c1-2-3-14-20-16-8-6-15(7-9-16)17(19)10-13-18-11-4-5-12-18;/h6-9H,2-5,10-14H2,1H3;1H. The minimum absolute atomic E-state index is 0. The van der Waals surface area contributed by atoms with Crippen LogP contribution < -0.4 is 4.74 Å². The van der Waals surface area contributed by atoms with Gasteiger partial charge in [-0.05, 0) is 56.6 Å². The van der Waals surface area contributed by atoms with Gasteiger partial charge in [0.15, 0.2) is 5.78 Å². The molecule has 21 heavy (non-hydrogen) atoms. The van der Waals surface area contributed by atoms with Crippen molar-refractivity contribution in [1.29, 1.82) is 0 Å². The van der Waals surface area contributed by atoms with E-state index < -0.39 is 0 Å². The largest absolute Gasteiger partial charge is 0.494 e. The first kappa shape index (κ1) is 18.0. The van der Waals surface area contributed by atoms with Crippen molar-refractivity contribution in [1.82, 2.24) is 4.90 Å². The molecule has 0 aromatic heterocycles. The van der Waals surface area contributed by atoms with Crippen LogP contribution in [0, 0.1) is 0 Å². The fourth-order valence-electron chi connectivity index (χ4n) is 2.48. The summed E-state index contributed by atoms with van der Waals surface area (Å²) >= 11 is 0. The first-order valence-corrected chi connectivity index (χ1v) is 7.78. The molecular formula is C17H26ClNO2. The number of carbonyl (C=O) groups is 1. The fraction of sp³-hybridized carbons (Fsp3) is 0.588. The predicted molar refractivity (Wildman–Crippen MR) is 88.7 cm³/mol. The van der Waals surface area contributed by atoms with E-state index in [2.05, 4.69) is 11.8 Å². The van der Waals surface area contributed by atoms with Gasteiger partial charge in [-0.1, -0.05) is 13.3 Å². The molecule has 1 saturated heterocycles. The van der Waals surface area contributed by atoms with Gasteiger partial charge >= 0.3 is 0 Å². The van der Waals surface area contributed by atoms with Gasteiger partial charge in [-0.15, -0.1) is 12.4 Å². The van der Waals surface area contributed by atoms with Gasteiger partial charge in [-0.2, -0.15) is 0 Å². The maximum Gasteiger partial charge on any atom is 0.164 e. The second-order valence-electron chi connectivity index (χ2n) is 5.45. The molecule has 1 aliphatic heterocycles. The van der Waals surface area contributed by atoms with E-state index in [4.69, 9.17) is 4.74 Å². The summed E-state index contributed by atoms with van der Waals surface area (Å²) < 4.78 is 5.60. The van der Waals surface area contributed by atoms with Crippen molar-refractivity contribution < 1.29 is 9.53 Å². The Balaban J connectivity index is 0.00000220. The van der Waals surface area contributed by atoms with Gasteiger partial charge in [0.25, 0.3) is 0 Å². The maximum atomic E-state index is 12.1. The normalized spacial score (nSPS) is 14.7. The van der Waals surface area contributed by atoms with E-state index in [1.165, 1.54) is 12.8 Å². The highest BCUT2D eigenvalue weighted by atomic mass is 35.5. The summed E-state index contributed by atoms with van der Waals surface area (Å²) in [4.78, 5) is 14.5. The number of likely N-dealkylation sites (tertiary alicyclic amines) is 1. The van der Waals surface area contributed by atoms with Crippen LogP contribution in [0.1, 0.15) is 49.4 Å². The Morgan fingerprint density at radius 3 is 2.48 bits per heavy atom. The van der Waals surface area contributed by atoms with Crippen LogP contribution in [0.2, 0.25) is 0 Å². The van der Waals surface area contributed by atoms with Gasteiger partial charge in [-0.25, -0.2) is 0 Å². The highest BCUT2D eigenvalue weighted by molar-refractivity contribution is 5.96. The smallest absolute Gasteiger partial charge is 0.164 e. The van der Waals surface area contributed by atoms with Gasteiger partial charge in [0.1, 0.15) is 5.75 Å². The molecule has 2 rings (SSSR count). The lowest BCUT2D eigenvalue weighted by molar-refractivity contribution is 0.0969. The molecule has 1 heterocycles. The van der Waals surface area contributed by atoms with Crippen LogP contribution in [-0.2, 0) is 0 Å². The Kier molecular flexibility index (Phi) is 8.40. The SMILES string of the molecule is CCCCOc1ccc(C(=O)CCN2CCCC2)cc1.Cl. The van der Waals surface area contributed by atoms with Crippen molar-refractivity contribution in [2.45, 2.75) is 39.0 Å². The third kappa shape index (κ3) is 6.06. The number of Topliss-reactive ketones (excluding diaryl/α,β-unsaturated/α-hetero) is 1. The van der Waals surface area contributed by atoms with Crippen LogP contribution in [-0.4, -0.2) is 36.9 Å². The topological polar surface area (TPSA) is 29.5 Å². The first-order valence-electron chi connectivity index (χ1n) is 7.78. The van der Waals surface area contributed by atoms with Crippen LogP contribution in [0.4, 0.5) is 0 Å². The molecule has 0 unspecified atom stereocenters. The summed E-state index contributed by atoms with van der Waals surface area (Å²) in [5, 5.41) is 0. The van der Waals surface area contributed by atoms with Crippen molar-refractivity contribution >= 4 is 18.2 Å². The Morgan fingerprint density at radius 2 is 1.86 bits per heavy atom. The monoisotopic (exact) mass is 311 g/mol. The van der Waals surface area contributed by atoms with Gasteiger partial charge in [0.2, 0.25) is 0 Å². The zero-order chi connectivity index (χ0) is 14.2. The summed E-state index contributed by atoms with van der Waals surface area (Å²) in [6.45, 7) is 6.09. The van der Waals surface area contributed by atoms with Crippen LogP contribution in [0.5, 0.6) is 5.75 Å². The van der Waals surface area contributed by atoms with Crippen LogP contribution in [0.15, 0.2) is 24.3 Å². The van der Waals surface area contributed by atoms with Gasteiger partial charge in [0.05, 0.1) is 6.61 Å². The highest BCUT2D eigenvalue weighted by Crippen LogP contribution is 2.15. The van der Waals surface area contributed by atoms with Crippen LogP contribution in [0.3, 0.4) is 0 Å². The molecular weight excluding hydrogens is 286 g/mol. The molecule has 0 bridgehead atoms. The maximum absolute atomic E-state index is 12.1. The van der Waals surface area contributed by atoms with Crippen molar-refractivity contribution in [3.05, 3.63) is 29.8 Å². The number of unbranched alkanes of at least 4 members (excludes halogenated alkanes) is 1. The average Bonchev–Trinajstić information content (AvgIpc) is 2.99. The number of nitrogens with zero attached hydrogens (tertiary/aromatic N) is 1. The summed E-state index contributed by atoms with van der Waals surface area (Å²) in [7, 11) is 0. The second kappa shape index (κ2) is 9.80. The summed E-state index contributed by atoms with van der Waals surface area (Å²) in [5.74, 6) is 1.09. The Bertz CT molecular complexity index is 413. The van der Waals surface area contributed by atoms with Gasteiger partial charge in [-0.3, -0.25) is 4.79 Å². The zero-order valence-electron chi connectivity index (χ0n) is 12.8. The van der Waals surface area contributed by atoms with E-state index >= 15 is 0 Å². The fourth-order valence-corrected chi connectivity index (χ4v) is 2.48. The van der Waals surface area contributed by atoms with Crippen molar-refractivity contribution in [2.24, 2.45) is 0 Å². The quantitative estimate of drug-likeness (QED) is 0.537. The molecule has 4 heteroatoms. The second-order valence-corrected chi connectivity index (χ2v) is 5.45. The Hall–Kier alpha value is -1.06. The molecule has 0 radical (unpaired) electrons. The van der Waals surface area contributed by atoms with Crippen LogP contribution >= 0.6 is 12.4 Å². The number of ketones is 1. The lowest BCUT2D eigenvalue weighted by Gasteiger charge is -2.13. The number of hydrogen-bond donors (Lipinski definition) is 0. The molecule has 0 atom stereocenters. The number of hydrogen-bond acceptors (Lipinski definition) is 3. The number of ether oxygens (including phenoxy) is 1. The minimum Gasteiger partial charge on any atom is -0.494 e. The van der Waals surface area contributed by atoms with Crippen molar-refractivity contribution in [3.8, 4) is 5.75 Å². The molecule has 1 aromatic rings. The minimum atomic E-state index is 0. The predicted octanol–water partition coefficient (Wildman–Crippen LogP) is 3.96. The molecule has 1 aliphatic rings. The van der Waals surface area contributed by atoms with Crippen molar-refractivity contribution in [3.63, 3.8) is 0 Å². The van der Waals surface area contributed by atoms with E-state index in [-0.39, 0.29) is 18.2 Å². The number of rotatable bonds is 8. The number of benzene rings is 1. The number of carbonyl (C=O) groups excluding carboxylic acids is 1. The molecule has 1 aromatic carbocycles. The van der Waals surface area contributed by atoms with E-state index in [9.17, 15) is 4.79 Å². The molecule has 118 valence electrons. The molecule has 0 saturated carbocycles. The van der Waals surface area contributed by atoms with E-state index in [1.807, 2.05) is 24.3 Å². The van der Waals surface area contributed by atoms with E-state index in [0.717, 1.165) is 50.4 Å². The van der Waals surface area contributed by atoms with Gasteiger partial charge in [0, 0.05) is 18.5 Å². The zero-order valence-corrected chi connectivity index (χ0v) is 13.7. The van der Waals surface area contributed by atoms with Crippen LogP contribution in [0.25, 0.3) is 0 Å². The summed E-state index contributed by atoms with van der Waals surface area (Å²) in [6.07, 6.45) is 5.37. The number of halogens is 1. The lowest BCUT2D eigenvalue weighted by Crippen LogP contribution is -2.22. The average molecular weight is 312 g/mol. The third-order valence-corrected chi connectivity index (χ3v) is 3.80. The lowest BCUT2D eigenvalue weighted by atomic mass is 10.1. The molecule has 1 fully saturated rings. The molecule has 0 N–H and O–H groups in total. The molecule has 3 nitrogen and oxygen atoms in total. The molecule has 0 amide bonds. The summed E-state index contributed by atoms with van der Waals surface area (Å²) in [6, 6.07) is 7.57.